The second-order valence-electron chi connectivity index (χ2n) is 6.89. The van der Waals surface area contributed by atoms with Gasteiger partial charge in [-0.2, -0.15) is 0 Å². The van der Waals surface area contributed by atoms with E-state index >= 15 is 0 Å². The van der Waals surface area contributed by atoms with Crippen LogP contribution in [0.4, 0.5) is 20.2 Å². The molecular weight excluding hydrogens is 314 g/mol. The van der Waals surface area contributed by atoms with Gasteiger partial charge in [0.2, 0.25) is 0 Å². The molecule has 1 aromatic carbocycles. The molecule has 0 saturated heterocycles. The number of halogens is 2. The number of aliphatic hydroxyl groups excluding tert-OH is 1. The summed E-state index contributed by atoms with van der Waals surface area (Å²) >= 11 is 0. The van der Waals surface area contributed by atoms with Crippen LogP contribution in [-0.4, -0.2) is 24.4 Å². The van der Waals surface area contributed by atoms with Crippen molar-refractivity contribution in [1.29, 1.82) is 0 Å². The summed E-state index contributed by atoms with van der Waals surface area (Å²) in [6.07, 6.45) is 1.41. The molecule has 4 nitrogen and oxygen atoms in total. The number of aliphatic hydroxyl groups is 1. The highest BCUT2D eigenvalue weighted by Gasteiger charge is 2.34. The number of hydrogen-bond acceptors (Lipinski definition) is 4. The van der Waals surface area contributed by atoms with Crippen LogP contribution >= 0.6 is 0 Å². The molecule has 1 aliphatic carbocycles. The average molecular weight is 342 g/mol. The molecule has 0 heterocycles. The first-order valence-corrected chi connectivity index (χ1v) is 8.56. The van der Waals surface area contributed by atoms with Gasteiger partial charge in [-0.3, -0.25) is 0 Å². The van der Waals surface area contributed by atoms with Crippen LogP contribution in [0.5, 0.6) is 5.75 Å². The summed E-state index contributed by atoms with van der Waals surface area (Å²) in [5.41, 5.74) is 6.54. The lowest BCUT2D eigenvalue weighted by Crippen LogP contribution is -2.29. The molecule has 1 aromatic rings. The van der Waals surface area contributed by atoms with E-state index < -0.39 is 18.6 Å². The molecule has 1 fully saturated rings. The third kappa shape index (κ3) is 5.82. The van der Waals surface area contributed by atoms with Gasteiger partial charge in [0.05, 0.1) is 24.9 Å². The molecule has 0 amide bonds. The normalized spacial score (nSPS) is 21.4. The first-order valence-electron chi connectivity index (χ1n) is 8.56. The van der Waals surface area contributed by atoms with E-state index in [0.717, 1.165) is 24.7 Å². The smallest absolute Gasteiger partial charge is 0.252 e. The maximum absolute atomic E-state index is 14.0. The van der Waals surface area contributed by atoms with Crippen molar-refractivity contribution >= 4 is 11.4 Å². The number of benzene rings is 1. The fraction of sp³-hybridized carbons (Fsp3) is 0.667. The molecule has 0 aromatic heterocycles. The van der Waals surface area contributed by atoms with Gasteiger partial charge in [-0.25, -0.2) is 8.78 Å². The zero-order valence-corrected chi connectivity index (χ0v) is 14.4. The lowest BCUT2D eigenvalue weighted by atomic mass is 10.0. The summed E-state index contributed by atoms with van der Waals surface area (Å²) in [4.78, 5) is 0. The summed E-state index contributed by atoms with van der Waals surface area (Å²) in [5, 5.41) is 12.6. The zero-order valence-electron chi connectivity index (χ0n) is 14.4. The number of unbranched alkanes of at least 4 members (excludes halogenated alkanes) is 1. The number of rotatable bonds is 10. The molecule has 1 aliphatic rings. The van der Waals surface area contributed by atoms with Crippen molar-refractivity contribution in [2.45, 2.75) is 57.6 Å². The first kappa shape index (κ1) is 18.8. The number of methoxy groups -OCH3 is 1. The van der Waals surface area contributed by atoms with E-state index in [2.05, 4.69) is 12.2 Å². The third-order valence-corrected chi connectivity index (χ3v) is 4.72. The zero-order chi connectivity index (χ0) is 17.7. The standard InChI is InChI=1S/C18H28F2N2O2/c1-12-9-13(12)5-3-4-8-18(19,20)11-17(23)22-16-10-14(24-2)6-7-15(16)21/h6-7,10,12-13,17,22-23H,3-5,8-9,11,21H2,1-2H3/t12?,13-,17?/m1/s1. The Morgan fingerprint density at radius 1 is 1.42 bits per heavy atom. The van der Waals surface area contributed by atoms with Crippen LogP contribution in [-0.2, 0) is 0 Å². The molecule has 136 valence electrons. The van der Waals surface area contributed by atoms with Gasteiger partial charge in [0.15, 0.2) is 0 Å². The van der Waals surface area contributed by atoms with Crippen molar-refractivity contribution in [2.24, 2.45) is 11.8 Å². The predicted octanol–water partition coefficient (Wildman–Crippen LogP) is 4.25. The van der Waals surface area contributed by atoms with Crippen molar-refractivity contribution in [1.82, 2.24) is 0 Å². The molecule has 3 atom stereocenters. The van der Waals surface area contributed by atoms with E-state index in [1.54, 1.807) is 18.2 Å². The van der Waals surface area contributed by atoms with Gasteiger partial charge in [0.1, 0.15) is 12.0 Å². The van der Waals surface area contributed by atoms with Crippen LogP contribution in [0.1, 0.15) is 45.4 Å². The fourth-order valence-corrected chi connectivity index (χ4v) is 2.99. The van der Waals surface area contributed by atoms with Crippen LogP contribution in [0.15, 0.2) is 18.2 Å². The van der Waals surface area contributed by atoms with E-state index in [4.69, 9.17) is 10.5 Å². The van der Waals surface area contributed by atoms with Gasteiger partial charge >= 0.3 is 0 Å². The molecule has 2 unspecified atom stereocenters. The van der Waals surface area contributed by atoms with Gasteiger partial charge in [-0.1, -0.05) is 19.8 Å². The lowest BCUT2D eigenvalue weighted by molar-refractivity contribution is -0.0466. The van der Waals surface area contributed by atoms with Crippen molar-refractivity contribution in [2.75, 3.05) is 18.2 Å². The van der Waals surface area contributed by atoms with Gasteiger partial charge in [0, 0.05) is 12.5 Å². The Morgan fingerprint density at radius 3 is 2.75 bits per heavy atom. The number of nitrogens with one attached hydrogen (secondary N) is 1. The molecule has 0 bridgehead atoms. The van der Waals surface area contributed by atoms with E-state index in [1.165, 1.54) is 13.5 Å². The van der Waals surface area contributed by atoms with Gasteiger partial charge in [-0.05, 0) is 36.8 Å². The average Bonchev–Trinajstić information content (AvgIpc) is 3.21. The number of alkyl halides is 2. The number of nitrogens with two attached hydrogens (primary N) is 1. The maximum atomic E-state index is 14.0. The number of ether oxygens (including phenoxy) is 1. The molecule has 24 heavy (non-hydrogen) atoms. The van der Waals surface area contributed by atoms with Crippen molar-refractivity contribution in [3.63, 3.8) is 0 Å². The van der Waals surface area contributed by atoms with Crippen LogP contribution < -0.4 is 15.8 Å². The van der Waals surface area contributed by atoms with Crippen LogP contribution in [0, 0.1) is 11.8 Å². The van der Waals surface area contributed by atoms with Crippen molar-refractivity contribution in [3.05, 3.63) is 18.2 Å². The summed E-state index contributed by atoms with van der Waals surface area (Å²) in [6, 6.07) is 4.85. The van der Waals surface area contributed by atoms with Crippen LogP contribution in [0.3, 0.4) is 0 Å². The molecule has 2 rings (SSSR count). The van der Waals surface area contributed by atoms with Crippen molar-refractivity contribution < 1.29 is 18.6 Å². The van der Waals surface area contributed by atoms with Gasteiger partial charge in [-0.15, -0.1) is 0 Å². The minimum Gasteiger partial charge on any atom is -0.497 e. The highest BCUT2D eigenvalue weighted by Crippen LogP contribution is 2.42. The van der Waals surface area contributed by atoms with E-state index in [0.29, 0.717) is 23.5 Å². The Morgan fingerprint density at radius 2 is 2.12 bits per heavy atom. The highest BCUT2D eigenvalue weighted by molar-refractivity contribution is 5.68. The van der Waals surface area contributed by atoms with Crippen molar-refractivity contribution in [3.8, 4) is 5.75 Å². The number of nitrogen functional groups attached to an aromatic ring is 1. The molecule has 0 aliphatic heterocycles. The summed E-state index contributed by atoms with van der Waals surface area (Å²) < 4.78 is 33.0. The van der Waals surface area contributed by atoms with Gasteiger partial charge < -0.3 is 20.9 Å². The monoisotopic (exact) mass is 342 g/mol. The highest BCUT2D eigenvalue weighted by atomic mass is 19.3. The van der Waals surface area contributed by atoms with Crippen LogP contribution in [0.25, 0.3) is 0 Å². The molecule has 0 spiro atoms. The largest absolute Gasteiger partial charge is 0.497 e. The SMILES string of the molecule is COc1ccc(N)c(NC(O)CC(F)(F)CCCC[C@@H]2CC2C)c1. The fourth-order valence-electron chi connectivity index (χ4n) is 2.99. The minimum absolute atomic E-state index is 0.194. The molecule has 0 radical (unpaired) electrons. The Hall–Kier alpha value is -1.56. The minimum atomic E-state index is -2.89. The molecule has 6 heteroatoms. The Labute approximate surface area is 142 Å². The number of anilines is 2. The second-order valence-corrected chi connectivity index (χ2v) is 6.89. The molecule has 4 N–H and O–H groups in total. The number of hydrogen-bond donors (Lipinski definition) is 3. The predicted molar refractivity (Wildman–Crippen MR) is 92.3 cm³/mol. The summed E-state index contributed by atoms with van der Waals surface area (Å²) in [5.74, 6) is -0.846. The second kappa shape index (κ2) is 8.01. The summed E-state index contributed by atoms with van der Waals surface area (Å²) in [6.45, 7) is 2.20. The molecular formula is C18H28F2N2O2. The van der Waals surface area contributed by atoms with Gasteiger partial charge in [0.25, 0.3) is 5.92 Å². The van der Waals surface area contributed by atoms with E-state index in [1.807, 2.05) is 0 Å². The Kier molecular flexibility index (Phi) is 6.27. The Bertz CT molecular complexity index is 540. The lowest BCUT2D eigenvalue weighted by Gasteiger charge is -2.22. The third-order valence-electron chi connectivity index (χ3n) is 4.72. The topological polar surface area (TPSA) is 67.5 Å². The quantitative estimate of drug-likeness (QED) is 0.338. The summed E-state index contributed by atoms with van der Waals surface area (Å²) in [7, 11) is 1.50. The van der Waals surface area contributed by atoms with Crippen LogP contribution in [0.2, 0.25) is 0 Å². The maximum Gasteiger partial charge on any atom is 0.252 e. The van der Waals surface area contributed by atoms with E-state index in [-0.39, 0.29) is 6.42 Å². The first-order chi connectivity index (χ1) is 11.3. The molecule has 1 saturated carbocycles. The van der Waals surface area contributed by atoms with E-state index in [9.17, 15) is 13.9 Å². The Balaban J connectivity index is 1.76.